The van der Waals surface area contributed by atoms with Crippen LogP contribution in [0.25, 0.3) is 5.69 Å². The number of carboxylic acids is 1. The normalized spacial score (nSPS) is 12.5. The van der Waals surface area contributed by atoms with Crippen LogP contribution in [0.3, 0.4) is 0 Å². The molecule has 1 aromatic heterocycles. The predicted octanol–water partition coefficient (Wildman–Crippen LogP) is 2.41. The van der Waals surface area contributed by atoms with Crippen molar-refractivity contribution in [1.82, 2.24) is 14.5 Å². The number of rotatable bonds is 7. The average molecular weight is 287 g/mol. The molecule has 0 saturated heterocycles. The van der Waals surface area contributed by atoms with Gasteiger partial charge in [0.25, 0.3) is 0 Å². The van der Waals surface area contributed by atoms with Gasteiger partial charge in [0.2, 0.25) is 0 Å². The van der Waals surface area contributed by atoms with Crippen molar-refractivity contribution in [3.8, 4) is 5.69 Å². The van der Waals surface area contributed by atoms with E-state index in [0.717, 1.165) is 18.8 Å². The summed E-state index contributed by atoms with van der Waals surface area (Å²) in [4.78, 5) is 17.1. The molecule has 0 aliphatic rings. The molecule has 2 aromatic rings. The summed E-state index contributed by atoms with van der Waals surface area (Å²) in [6.45, 7) is 5.95. The van der Waals surface area contributed by atoms with Gasteiger partial charge in [-0.2, -0.15) is 0 Å². The highest BCUT2D eigenvalue weighted by atomic mass is 16.4. The first-order valence-corrected chi connectivity index (χ1v) is 7.12. The van der Waals surface area contributed by atoms with E-state index in [-0.39, 0.29) is 5.92 Å². The van der Waals surface area contributed by atoms with Crippen LogP contribution < -0.4 is 0 Å². The molecule has 5 nitrogen and oxygen atoms in total. The highest BCUT2D eigenvalue weighted by molar-refractivity contribution is 5.69. The summed E-state index contributed by atoms with van der Waals surface area (Å²) in [5.41, 5.74) is 2.25. The number of carbonyl (C=O) groups is 1. The van der Waals surface area contributed by atoms with Crippen LogP contribution in [0.1, 0.15) is 19.4 Å². The minimum Gasteiger partial charge on any atom is -0.481 e. The van der Waals surface area contributed by atoms with Crippen LogP contribution in [0.15, 0.2) is 43.0 Å². The van der Waals surface area contributed by atoms with E-state index in [9.17, 15) is 4.79 Å². The van der Waals surface area contributed by atoms with Crippen molar-refractivity contribution in [2.75, 3.05) is 13.1 Å². The lowest BCUT2D eigenvalue weighted by Gasteiger charge is -2.22. The Hall–Kier alpha value is -2.14. The van der Waals surface area contributed by atoms with Gasteiger partial charge in [-0.25, -0.2) is 4.98 Å². The maximum Gasteiger partial charge on any atom is 0.307 e. The first kappa shape index (κ1) is 15.3. The summed E-state index contributed by atoms with van der Waals surface area (Å²) in [5.74, 6) is -1.10. The SMILES string of the molecule is CCN(Cc1ccc(-n2ccnc2)cc1)CC(C)C(=O)O. The van der Waals surface area contributed by atoms with Gasteiger partial charge in [0.15, 0.2) is 0 Å². The van der Waals surface area contributed by atoms with Gasteiger partial charge < -0.3 is 9.67 Å². The molecule has 112 valence electrons. The van der Waals surface area contributed by atoms with Gasteiger partial charge in [0.05, 0.1) is 12.2 Å². The zero-order valence-corrected chi connectivity index (χ0v) is 12.4. The first-order valence-electron chi connectivity index (χ1n) is 7.12. The number of aliphatic carboxylic acids is 1. The molecule has 0 fully saturated rings. The Bertz CT molecular complexity index is 564. The average Bonchev–Trinajstić information content (AvgIpc) is 3.01. The summed E-state index contributed by atoms with van der Waals surface area (Å²) in [6.07, 6.45) is 5.42. The fourth-order valence-corrected chi connectivity index (χ4v) is 2.21. The van der Waals surface area contributed by atoms with Crippen molar-refractivity contribution < 1.29 is 9.90 Å². The van der Waals surface area contributed by atoms with E-state index in [0.29, 0.717) is 6.54 Å². The molecule has 1 unspecified atom stereocenters. The van der Waals surface area contributed by atoms with Gasteiger partial charge in [0, 0.05) is 31.2 Å². The largest absolute Gasteiger partial charge is 0.481 e. The number of benzene rings is 1. The third-order valence-electron chi connectivity index (χ3n) is 3.55. The van der Waals surface area contributed by atoms with E-state index in [1.807, 2.05) is 22.9 Å². The quantitative estimate of drug-likeness (QED) is 0.849. The number of imidazole rings is 1. The lowest BCUT2D eigenvalue weighted by Crippen LogP contribution is -2.31. The maximum absolute atomic E-state index is 10.9. The molecule has 0 amide bonds. The Morgan fingerprint density at radius 1 is 1.38 bits per heavy atom. The Balaban J connectivity index is 2.00. The van der Waals surface area contributed by atoms with E-state index in [2.05, 4.69) is 28.9 Å². The molecule has 0 spiro atoms. The topological polar surface area (TPSA) is 58.4 Å². The van der Waals surface area contributed by atoms with Crippen LogP contribution in [0.4, 0.5) is 0 Å². The van der Waals surface area contributed by atoms with E-state index in [4.69, 9.17) is 5.11 Å². The lowest BCUT2D eigenvalue weighted by atomic mass is 10.1. The highest BCUT2D eigenvalue weighted by Gasteiger charge is 2.15. The highest BCUT2D eigenvalue weighted by Crippen LogP contribution is 2.12. The second kappa shape index (κ2) is 7.04. The molecule has 0 bridgehead atoms. The molecule has 2 rings (SSSR count). The molecule has 0 saturated carbocycles. The second-order valence-electron chi connectivity index (χ2n) is 5.20. The number of carboxylic acid groups (broad SMARTS) is 1. The minimum absolute atomic E-state index is 0.352. The predicted molar refractivity (Wildman–Crippen MR) is 81.3 cm³/mol. The molecule has 5 heteroatoms. The molecule has 1 N–H and O–H groups in total. The summed E-state index contributed by atoms with van der Waals surface area (Å²) in [5, 5.41) is 9.00. The Kier molecular flexibility index (Phi) is 5.11. The number of nitrogens with zero attached hydrogens (tertiary/aromatic N) is 3. The molecule has 1 heterocycles. The number of aromatic nitrogens is 2. The smallest absolute Gasteiger partial charge is 0.307 e. The van der Waals surface area contributed by atoms with Gasteiger partial charge in [0.1, 0.15) is 0 Å². The van der Waals surface area contributed by atoms with Crippen molar-refractivity contribution in [1.29, 1.82) is 0 Å². The molecular formula is C16H21N3O2. The third-order valence-corrected chi connectivity index (χ3v) is 3.55. The zero-order chi connectivity index (χ0) is 15.2. The van der Waals surface area contributed by atoms with Crippen molar-refractivity contribution in [2.45, 2.75) is 20.4 Å². The molecule has 21 heavy (non-hydrogen) atoms. The fourth-order valence-electron chi connectivity index (χ4n) is 2.21. The van der Waals surface area contributed by atoms with Crippen LogP contribution in [0.5, 0.6) is 0 Å². The van der Waals surface area contributed by atoms with Gasteiger partial charge in [-0.3, -0.25) is 9.69 Å². The van der Waals surface area contributed by atoms with Gasteiger partial charge >= 0.3 is 5.97 Å². The molecule has 1 aromatic carbocycles. The van der Waals surface area contributed by atoms with E-state index in [1.165, 1.54) is 5.56 Å². The van der Waals surface area contributed by atoms with Crippen molar-refractivity contribution in [3.63, 3.8) is 0 Å². The second-order valence-corrected chi connectivity index (χ2v) is 5.20. The van der Waals surface area contributed by atoms with Crippen LogP contribution in [0, 0.1) is 5.92 Å². The monoisotopic (exact) mass is 287 g/mol. The molecular weight excluding hydrogens is 266 g/mol. The van der Waals surface area contributed by atoms with Gasteiger partial charge in [-0.05, 0) is 24.2 Å². The maximum atomic E-state index is 10.9. The summed E-state index contributed by atoms with van der Waals surface area (Å²) in [7, 11) is 0. The Morgan fingerprint density at radius 3 is 2.62 bits per heavy atom. The van der Waals surface area contributed by atoms with Crippen LogP contribution in [-0.4, -0.2) is 38.6 Å². The van der Waals surface area contributed by atoms with Crippen LogP contribution in [0.2, 0.25) is 0 Å². The minimum atomic E-state index is -0.746. The molecule has 0 radical (unpaired) electrons. The lowest BCUT2D eigenvalue weighted by molar-refractivity contribution is -0.141. The van der Waals surface area contributed by atoms with Crippen LogP contribution in [-0.2, 0) is 11.3 Å². The molecule has 1 atom stereocenters. The van der Waals surface area contributed by atoms with E-state index in [1.54, 1.807) is 19.4 Å². The van der Waals surface area contributed by atoms with E-state index < -0.39 is 5.97 Å². The van der Waals surface area contributed by atoms with Gasteiger partial charge in [-0.1, -0.05) is 26.0 Å². The van der Waals surface area contributed by atoms with Crippen LogP contribution >= 0.6 is 0 Å². The number of hydrogen-bond acceptors (Lipinski definition) is 3. The molecule has 0 aliphatic carbocycles. The van der Waals surface area contributed by atoms with E-state index >= 15 is 0 Å². The standard InChI is InChI=1S/C16H21N3O2/c1-3-18(10-13(2)16(20)21)11-14-4-6-15(7-5-14)19-9-8-17-12-19/h4-9,12-13H,3,10-11H2,1-2H3,(H,20,21). The molecule has 0 aliphatic heterocycles. The van der Waals surface area contributed by atoms with Crippen molar-refractivity contribution in [3.05, 3.63) is 48.5 Å². The Morgan fingerprint density at radius 2 is 2.10 bits per heavy atom. The number of hydrogen-bond donors (Lipinski definition) is 1. The third kappa shape index (κ3) is 4.16. The summed E-state index contributed by atoms with van der Waals surface area (Å²) < 4.78 is 1.95. The zero-order valence-electron chi connectivity index (χ0n) is 12.4. The summed E-state index contributed by atoms with van der Waals surface area (Å²) in [6, 6.07) is 8.24. The fraction of sp³-hybridized carbons (Fsp3) is 0.375. The first-order chi connectivity index (χ1) is 10.1. The van der Waals surface area contributed by atoms with Crippen molar-refractivity contribution >= 4 is 5.97 Å². The van der Waals surface area contributed by atoms with Gasteiger partial charge in [-0.15, -0.1) is 0 Å². The Labute approximate surface area is 124 Å². The summed E-state index contributed by atoms with van der Waals surface area (Å²) >= 11 is 0. The van der Waals surface area contributed by atoms with Crippen molar-refractivity contribution in [2.24, 2.45) is 5.92 Å².